The Balaban J connectivity index is 0. The summed E-state index contributed by atoms with van der Waals surface area (Å²) in [5.74, 6) is -0.745. The van der Waals surface area contributed by atoms with Crippen LogP contribution in [0.5, 0.6) is 0 Å². The van der Waals surface area contributed by atoms with Gasteiger partial charge in [0.15, 0.2) is 0 Å². The minimum atomic E-state index is -0.745. The van der Waals surface area contributed by atoms with E-state index in [1.54, 1.807) is 19.4 Å². The Morgan fingerprint density at radius 1 is 1.67 bits per heavy atom. The zero-order valence-corrected chi connectivity index (χ0v) is 6.70. The quantitative estimate of drug-likeness (QED) is 0.556. The van der Waals surface area contributed by atoms with Gasteiger partial charge in [-0.2, -0.15) is 0 Å². The average Bonchev–Trinajstić information content (AvgIpc) is 1.65. The summed E-state index contributed by atoms with van der Waals surface area (Å²) in [6.07, 6.45) is 3.50. The first-order valence-electron chi connectivity index (χ1n) is 2.47. The third kappa shape index (κ3) is 82.0. The highest BCUT2D eigenvalue weighted by Crippen LogP contribution is 1.67. The Morgan fingerprint density at radius 3 is 1.78 bits per heavy atom. The maximum absolute atomic E-state index is 9.56. The molecule has 0 saturated heterocycles. The van der Waals surface area contributed by atoms with Gasteiger partial charge in [0.25, 0.3) is 0 Å². The lowest BCUT2D eigenvalue weighted by atomic mass is 10.5. The van der Waals surface area contributed by atoms with Gasteiger partial charge in [-0.15, -0.1) is 0 Å². The molecule has 0 spiro atoms. The molecule has 0 aliphatic heterocycles. The topological polar surface area (TPSA) is 60.4 Å². The normalized spacial score (nSPS) is 8.11. The van der Waals surface area contributed by atoms with Crippen molar-refractivity contribution in [2.24, 2.45) is 0 Å². The van der Waals surface area contributed by atoms with Crippen LogP contribution in [-0.4, -0.2) is 28.1 Å². The molecule has 0 atom stereocenters. The van der Waals surface area contributed by atoms with Gasteiger partial charge in [0.1, 0.15) is 0 Å². The Bertz CT molecular complexity index is 69.8. The SMILES string of the molecule is CCC(=O)O.C[S+](C)[O-]. The van der Waals surface area contributed by atoms with E-state index in [1.807, 2.05) is 0 Å². The molecular weight excluding hydrogens is 140 g/mol. The van der Waals surface area contributed by atoms with Crippen LogP contribution in [0.15, 0.2) is 0 Å². The highest BCUT2D eigenvalue weighted by atomic mass is 32.2. The van der Waals surface area contributed by atoms with Crippen molar-refractivity contribution in [1.29, 1.82) is 0 Å². The Morgan fingerprint density at radius 2 is 1.78 bits per heavy atom. The zero-order chi connectivity index (χ0) is 7.86. The first-order chi connectivity index (χ1) is 4.00. The van der Waals surface area contributed by atoms with E-state index < -0.39 is 17.1 Å². The second-order valence-electron chi connectivity index (χ2n) is 1.49. The van der Waals surface area contributed by atoms with Crippen LogP contribution in [0.1, 0.15) is 13.3 Å². The number of carbonyl (C=O) groups is 1. The van der Waals surface area contributed by atoms with Crippen molar-refractivity contribution >= 4 is 17.1 Å². The molecule has 4 heteroatoms. The molecule has 0 aliphatic carbocycles. The molecule has 0 unspecified atom stereocenters. The highest BCUT2D eigenvalue weighted by molar-refractivity contribution is 7.89. The fourth-order valence-corrected chi connectivity index (χ4v) is 0. The summed E-state index contributed by atoms with van der Waals surface area (Å²) in [4.78, 5) is 9.37. The van der Waals surface area contributed by atoms with Gasteiger partial charge in [0, 0.05) is 6.42 Å². The van der Waals surface area contributed by atoms with Gasteiger partial charge >= 0.3 is 5.97 Å². The molecule has 0 amide bonds. The maximum atomic E-state index is 9.56. The van der Waals surface area contributed by atoms with Crippen molar-refractivity contribution in [2.45, 2.75) is 13.3 Å². The average molecular weight is 152 g/mol. The molecule has 0 aliphatic rings. The van der Waals surface area contributed by atoms with Crippen molar-refractivity contribution < 1.29 is 14.5 Å². The highest BCUT2D eigenvalue weighted by Gasteiger charge is 1.80. The van der Waals surface area contributed by atoms with Crippen LogP contribution in [-0.2, 0) is 16.0 Å². The number of carboxylic acids is 1. The zero-order valence-electron chi connectivity index (χ0n) is 5.88. The van der Waals surface area contributed by atoms with E-state index in [4.69, 9.17) is 5.11 Å². The van der Waals surface area contributed by atoms with E-state index in [0.29, 0.717) is 0 Å². The van der Waals surface area contributed by atoms with E-state index >= 15 is 0 Å². The van der Waals surface area contributed by atoms with Crippen molar-refractivity contribution in [3.8, 4) is 0 Å². The standard InChI is InChI=1S/C3H6O2.C2H6OS/c1-2-3(4)5;1-4(2)3/h2H2,1H3,(H,4,5);1-2H3. The van der Waals surface area contributed by atoms with Gasteiger partial charge in [-0.05, 0) is 0 Å². The van der Waals surface area contributed by atoms with Crippen LogP contribution < -0.4 is 0 Å². The van der Waals surface area contributed by atoms with Crippen LogP contribution in [0.4, 0.5) is 0 Å². The number of hydrogen-bond donors (Lipinski definition) is 1. The van der Waals surface area contributed by atoms with E-state index in [1.165, 1.54) is 0 Å². The van der Waals surface area contributed by atoms with E-state index in [2.05, 4.69) is 0 Å². The number of carboxylic acid groups (broad SMARTS) is 1. The van der Waals surface area contributed by atoms with Crippen LogP contribution >= 0.6 is 0 Å². The van der Waals surface area contributed by atoms with Crippen molar-refractivity contribution in [3.05, 3.63) is 0 Å². The number of aliphatic carboxylic acids is 1. The van der Waals surface area contributed by atoms with Crippen molar-refractivity contribution in [2.75, 3.05) is 12.5 Å². The largest absolute Gasteiger partial charge is 0.617 e. The summed E-state index contributed by atoms with van der Waals surface area (Å²) in [6.45, 7) is 1.60. The second kappa shape index (κ2) is 7.78. The third-order valence-electron chi connectivity index (χ3n) is 0.302. The maximum Gasteiger partial charge on any atom is 0.303 e. The van der Waals surface area contributed by atoms with Gasteiger partial charge in [-0.25, -0.2) is 0 Å². The molecule has 0 aromatic heterocycles. The summed E-state index contributed by atoms with van der Waals surface area (Å²) in [5, 5.41) is 7.72. The molecule has 0 radical (unpaired) electrons. The summed E-state index contributed by atoms with van der Waals surface area (Å²) >= 11 is -0.611. The smallest absolute Gasteiger partial charge is 0.303 e. The lowest BCUT2D eigenvalue weighted by Crippen LogP contribution is -1.86. The van der Waals surface area contributed by atoms with Crippen LogP contribution in [0, 0.1) is 0 Å². The molecule has 0 bridgehead atoms. The first-order valence-corrected chi connectivity index (χ1v) is 4.44. The van der Waals surface area contributed by atoms with Gasteiger partial charge in [0.05, 0.1) is 12.5 Å². The fourth-order valence-electron chi connectivity index (χ4n) is 0. The van der Waals surface area contributed by atoms with E-state index in [-0.39, 0.29) is 6.42 Å². The van der Waals surface area contributed by atoms with Crippen LogP contribution in [0.2, 0.25) is 0 Å². The molecule has 0 aromatic rings. The van der Waals surface area contributed by atoms with E-state index in [9.17, 15) is 9.35 Å². The fraction of sp³-hybridized carbons (Fsp3) is 0.800. The predicted molar refractivity (Wildman–Crippen MR) is 37.9 cm³/mol. The van der Waals surface area contributed by atoms with E-state index in [0.717, 1.165) is 0 Å². The lowest BCUT2D eigenvalue weighted by Gasteiger charge is -1.87. The summed E-state index contributed by atoms with van der Waals surface area (Å²) in [7, 11) is 0. The van der Waals surface area contributed by atoms with Crippen molar-refractivity contribution in [1.82, 2.24) is 0 Å². The summed E-state index contributed by atoms with van der Waals surface area (Å²) < 4.78 is 9.56. The molecule has 0 saturated carbocycles. The molecule has 0 fully saturated rings. The van der Waals surface area contributed by atoms with Crippen LogP contribution in [0.25, 0.3) is 0 Å². The summed E-state index contributed by atoms with van der Waals surface area (Å²) in [5.41, 5.74) is 0. The molecule has 0 heterocycles. The number of rotatable bonds is 1. The lowest BCUT2D eigenvalue weighted by molar-refractivity contribution is -0.136. The summed E-state index contributed by atoms with van der Waals surface area (Å²) in [6, 6.07) is 0. The Labute approximate surface area is 58.3 Å². The first kappa shape index (κ1) is 11.6. The predicted octanol–water partition coefficient (Wildman–Crippen LogP) is 0.476. The van der Waals surface area contributed by atoms with Crippen molar-refractivity contribution in [3.63, 3.8) is 0 Å². The van der Waals surface area contributed by atoms with Gasteiger partial charge in [0.2, 0.25) is 0 Å². The molecule has 3 nitrogen and oxygen atoms in total. The van der Waals surface area contributed by atoms with Gasteiger partial charge < -0.3 is 9.66 Å². The minimum Gasteiger partial charge on any atom is -0.617 e. The number of hydrogen-bond acceptors (Lipinski definition) is 2. The molecule has 56 valence electrons. The van der Waals surface area contributed by atoms with Crippen LogP contribution in [0.3, 0.4) is 0 Å². The Hall–Kier alpha value is -0.220. The molecule has 0 aromatic carbocycles. The minimum absolute atomic E-state index is 0.222. The molecule has 0 rings (SSSR count). The Kier molecular flexibility index (Phi) is 9.99. The van der Waals surface area contributed by atoms with Gasteiger partial charge in [-0.3, -0.25) is 4.79 Å². The van der Waals surface area contributed by atoms with Gasteiger partial charge in [-0.1, -0.05) is 18.1 Å². The monoisotopic (exact) mass is 152 g/mol. The molecule has 9 heavy (non-hydrogen) atoms. The molecular formula is C5H12O3S. The molecule has 1 N–H and O–H groups in total. The second-order valence-corrected chi connectivity index (χ2v) is 2.97. The third-order valence-corrected chi connectivity index (χ3v) is 0.302.